The number of carbonyl (C=O) groups is 1. The number of rotatable bonds is 6. The lowest BCUT2D eigenvalue weighted by molar-refractivity contribution is -0.134. The lowest BCUT2D eigenvalue weighted by Crippen LogP contribution is -2.41. The molecule has 0 saturated heterocycles. The molecule has 1 amide bonds. The average molecular weight is 354 g/mol. The van der Waals surface area contributed by atoms with Gasteiger partial charge in [0.05, 0.1) is 6.54 Å². The summed E-state index contributed by atoms with van der Waals surface area (Å²) in [6, 6.07) is 4.87. The molecule has 7 heteroatoms. The molecule has 23 heavy (non-hydrogen) atoms. The fourth-order valence-corrected chi connectivity index (χ4v) is 3.25. The van der Waals surface area contributed by atoms with Crippen molar-refractivity contribution in [2.75, 3.05) is 0 Å². The molecule has 124 valence electrons. The minimum Gasteiger partial charge on any atom is -0.333 e. The van der Waals surface area contributed by atoms with Crippen molar-refractivity contribution in [3.05, 3.63) is 49.5 Å². The van der Waals surface area contributed by atoms with E-state index in [9.17, 15) is 9.59 Å². The van der Waals surface area contributed by atoms with E-state index in [1.807, 2.05) is 32.2 Å². The molecule has 0 aliphatic carbocycles. The molecule has 0 aliphatic heterocycles. The summed E-state index contributed by atoms with van der Waals surface area (Å²) in [5, 5.41) is 6.14. The maximum atomic E-state index is 12.7. The Morgan fingerprint density at radius 3 is 2.78 bits per heavy atom. The average Bonchev–Trinajstić information content (AvgIpc) is 2.92. The number of thiophene rings is 1. The van der Waals surface area contributed by atoms with Crippen LogP contribution in [0.3, 0.4) is 0 Å². The lowest BCUT2D eigenvalue weighted by atomic mass is 10.2. The van der Waals surface area contributed by atoms with E-state index in [1.54, 1.807) is 16.2 Å². The zero-order valence-electron chi connectivity index (χ0n) is 13.5. The van der Waals surface area contributed by atoms with Crippen molar-refractivity contribution in [2.24, 2.45) is 0 Å². The van der Waals surface area contributed by atoms with Crippen LogP contribution in [0.1, 0.15) is 30.7 Å². The van der Waals surface area contributed by atoms with Gasteiger partial charge in [-0.15, -0.1) is 11.3 Å². The van der Waals surface area contributed by atoms with E-state index in [0.29, 0.717) is 6.54 Å². The van der Waals surface area contributed by atoms with Gasteiger partial charge in [-0.1, -0.05) is 18.5 Å². The number of aromatic nitrogens is 2. The van der Waals surface area contributed by atoms with Crippen LogP contribution in [0.25, 0.3) is 0 Å². The first-order valence-corrected chi connectivity index (χ1v) is 8.74. The Hall–Kier alpha value is -1.66. The molecule has 0 aromatic carbocycles. The maximum absolute atomic E-state index is 12.7. The van der Waals surface area contributed by atoms with Gasteiger partial charge in [-0.25, -0.2) is 4.68 Å². The highest BCUT2D eigenvalue weighted by molar-refractivity contribution is 7.10. The molecule has 0 spiro atoms. The highest BCUT2D eigenvalue weighted by Crippen LogP contribution is 2.20. The van der Waals surface area contributed by atoms with Crippen LogP contribution < -0.4 is 5.56 Å². The van der Waals surface area contributed by atoms with E-state index in [2.05, 4.69) is 5.10 Å². The monoisotopic (exact) mass is 353 g/mol. The standard InChI is InChI=1S/C16H20ClN3O2S/c1-4-12(3)19(9-13-11(2)7-8-23-13)16(22)10-20-15(21)6-5-14(17)18-20/h5-8,12H,4,9-10H2,1-3H3. The minimum atomic E-state index is -0.334. The Morgan fingerprint density at radius 2 is 2.17 bits per heavy atom. The van der Waals surface area contributed by atoms with Crippen molar-refractivity contribution >= 4 is 28.8 Å². The third-order valence-corrected chi connectivity index (χ3v) is 5.05. The third-order valence-electron chi connectivity index (χ3n) is 3.84. The van der Waals surface area contributed by atoms with Crippen molar-refractivity contribution in [1.29, 1.82) is 0 Å². The van der Waals surface area contributed by atoms with Gasteiger partial charge in [0.2, 0.25) is 5.91 Å². The second-order valence-corrected chi connectivity index (χ2v) is 6.85. The molecule has 0 bridgehead atoms. The highest BCUT2D eigenvalue weighted by atomic mass is 35.5. The molecule has 5 nitrogen and oxygen atoms in total. The largest absolute Gasteiger partial charge is 0.333 e. The first-order chi connectivity index (χ1) is 10.9. The number of aryl methyl sites for hydroxylation is 1. The van der Waals surface area contributed by atoms with Gasteiger partial charge in [0.25, 0.3) is 5.56 Å². The number of halogens is 1. The highest BCUT2D eigenvalue weighted by Gasteiger charge is 2.21. The SMILES string of the molecule is CCC(C)N(Cc1sccc1C)C(=O)Cn1nc(Cl)ccc1=O. The molecular formula is C16H20ClN3O2S. The van der Waals surface area contributed by atoms with Crippen LogP contribution in [0.5, 0.6) is 0 Å². The summed E-state index contributed by atoms with van der Waals surface area (Å²) < 4.78 is 1.11. The predicted octanol–water partition coefficient (Wildman–Crippen LogP) is 3.09. The minimum absolute atomic E-state index is 0.0823. The van der Waals surface area contributed by atoms with Gasteiger partial charge in [0.1, 0.15) is 11.7 Å². The number of amides is 1. The molecule has 2 heterocycles. The summed E-state index contributed by atoms with van der Waals surface area (Å²) in [6.45, 7) is 6.53. The topological polar surface area (TPSA) is 55.2 Å². The molecule has 2 rings (SSSR count). The van der Waals surface area contributed by atoms with Crippen LogP contribution in [0.15, 0.2) is 28.4 Å². The molecule has 1 atom stereocenters. The van der Waals surface area contributed by atoms with Gasteiger partial charge in [0.15, 0.2) is 0 Å². The van der Waals surface area contributed by atoms with Crippen molar-refractivity contribution in [2.45, 2.75) is 46.3 Å². The molecule has 1 unspecified atom stereocenters. The third kappa shape index (κ3) is 4.42. The second kappa shape index (κ2) is 7.75. The smallest absolute Gasteiger partial charge is 0.267 e. The molecule has 0 N–H and O–H groups in total. The zero-order valence-corrected chi connectivity index (χ0v) is 15.0. The van der Waals surface area contributed by atoms with E-state index in [0.717, 1.165) is 16.0 Å². The quantitative estimate of drug-likeness (QED) is 0.801. The molecular weight excluding hydrogens is 334 g/mol. The zero-order chi connectivity index (χ0) is 17.0. The number of nitrogens with zero attached hydrogens (tertiary/aromatic N) is 3. The van der Waals surface area contributed by atoms with Gasteiger partial charge in [-0.2, -0.15) is 5.10 Å². The van der Waals surface area contributed by atoms with Gasteiger partial charge >= 0.3 is 0 Å². The van der Waals surface area contributed by atoms with Crippen LogP contribution in [-0.2, 0) is 17.9 Å². The number of hydrogen-bond donors (Lipinski definition) is 0. The van der Waals surface area contributed by atoms with Crippen LogP contribution in [0.4, 0.5) is 0 Å². The Bertz CT molecular complexity index is 741. The maximum Gasteiger partial charge on any atom is 0.267 e. The van der Waals surface area contributed by atoms with E-state index in [4.69, 9.17) is 11.6 Å². The van der Waals surface area contributed by atoms with Crippen molar-refractivity contribution in [1.82, 2.24) is 14.7 Å². The van der Waals surface area contributed by atoms with Crippen LogP contribution in [0, 0.1) is 6.92 Å². The molecule has 0 aliphatic rings. The van der Waals surface area contributed by atoms with Gasteiger partial charge in [-0.3, -0.25) is 9.59 Å². The first kappa shape index (κ1) is 17.7. The normalized spacial score (nSPS) is 12.2. The van der Waals surface area contributed by atoms with Crippen LogP contribution in [-0.4, -0.2) is 26.6 Å². The molecule has 0 saturated carbocycles. The summed E-state index contributed by atoms with van der Waals surface area (Å²) in [5.74, 6) is -0.135. The Kier molecular flexibility index (Phi) is 5.96. The summed E-state index contributed by atoms with van der Waals surface area (Å²) in [4.78, 5) is 27.5. The Labute approximate surface area is 144 Å². The van der Waals surface area contributed by atoms with Crippen LogP contribution >= 0.6 is 22.9 Å². The fourth-order valence-electron chi connectivity index (χ4n) is 2.19. The van der Waals surface area contributed by atoms with E-state index in [-0.39, 0.29) is 29.2 Å². The van der Waals surface area contributed by atoms with Crippen molar-refractivity contribution in [3.8, 4) is 0 Å². The Balaban J connectivity index is 2.21. The van der Waals surface area contributed by atoms with E-state index < -0.39 is 0 Å². The van der Waals surface area contributed by atoms with E-state index >= 15 is 0 Å². The Morgan fingerprint density at radius 1 is 1.43 bits per heavy atom. The fraction of sp³-hybridized carbons (Fsp3) is 0.438. The van der Waals surface area contributed by atoms with Crippen LogP contribution in [0.2, 0.25) is 5.15 Å². The second-order valence-electron chi connectivity index (χ2n) is 5.46. The molecule has 0 fully saturated rings. The van der Waals surface area contributed by atoms with Gasteiger partial charge < -0.3 is 4.90 Å². The van der Waals surface area contributed by atoms with Gasteiger partial charge in [0, 0.05) is 17.0 Å². The predicted molar refractivity (Wildman–Crippen MR) is 92.9 cm³/mol. The van der Waals surface area contributed by atoms with Crippen molar-refractivity contribution < 1.29 is 4.79 Å². The summed E-state index contributed by atoms with van der Waals surface area (Å²) >= 11 is 7.45. The first-order valence-electron chi connectivity index (χ1n) is 7.48. The summed E-state index contributed by atoms with van der Waals surface area (Å²) in [7, 11) is 0. The summed E-state index contributed by atoms with van der Waals surface area (Å²) in [6.07, 6.45) is 0.841. The van der Waals surface area contributed by atoms with Gasteiger partial charge in [-0.05, 0) is 43.3 Å². The molecule has 0 radical (unpaired) electrons. The summed E-state index contributed by atoms with van der Waals surface area (Å²) in [5.41, 5.74) is 0.841. The number of carbonyl (C=O) groups excluding carboxylic acids is 1. The number of hydrogen-bond acceptors (Lipinski definition) is 4. The van der Waals surface area contributed by atoms with Crippen molar-refractivity contribution in [3.63, 3.8) is 0 Å². The lowest BCUT2D eigenvalue weighted by Gasteiger charge is -2.28. The van der Waals surface area contributed by atoms with E-state index in [1.165, 1.54) is 17.7 Å². The molecule has 2 aromatic heterocycles. The molecule has 2 aromatic rings.